The van der Waals surface area contributed by atoms with Gasteiger partial charge in [0, 0.05) is 29.1 Å². The summed E-state index contributed by atoms with van der Waals surface area (Å²) in [6.07, 6.45) is 0. The van der Waals surface area contributed by atoms with Gasteiger partial charge in [-0.3, -0.25) is 20.2 Å². The molecule has 1 aromatic rings. The van der Waals surface area contributed by atoms with Gasteiger partial charge in [-0.25, -0.2) is 0 Å². The summed E-state index contributed by atoms with van der Waals surface area (Å²) in [7, 11) is 0. The topological polar surface area (TPSA) is 86.3 Å². The summed E-state index contributed by atoms with van der Waals surface area (Å²) in [4.78, 5) is 19.7. The van der Waals surface area contributed by atoms with Crippen molar-refractivity contribution in [2.45, 2.75) is 5.33 Å². The standard InChI is InChI=1S/C7H5BrN2O4/c8-4-5-3-6(9(11)12)1-2-7(5)10(13)14/h1-3H,4H2. The Kier molecular flexibility index (Phi) is 3.13. The van der Waals surface area contributed by atoms with Crippen molar-refractivity contribution >= 4 is 27.3 Å². The van der Waals surface area contributed by atoms with Crippen molar-refractivity contribution in [3.8, 4) is 0 Å². The third-order valence-corrected chi connectivity index (χ3v) is 2.22. The molecule has 0 fully saturated rings. The molecule has 0 bridgehead atoms. The second kappa shape index (κ2) is 4.14. The van der Waals surface area contributed by atoms with Crippen LogP contribution in [0, 0.1) is 20.2 Å². The highest BCUT2D eigenvalue weighted by molar-refractivity contribution is 9.08. The van der Waals surface area contributed by atoms with Gasteiger partial charge in [-0.1, -0.05) is 15.9 Å². The Morgan fingerprint density at radius 1 is 1.21 bits per heavy atom. The van der Waals surface area contributed by atoms with Crippen LogP contribution in [0.5, 0.6) is 0 Å². The first-order valence-electron chi connectivity index (χ1n) is 3.54. The second-order valence-electron chi connectivity index (χ2n) is 2.46. The maximum Gasteiger partial charge on any atom is 0.273 e. The summed E-state index contributed by atoms with van der Waals surface area (Å²) in [5.74, 6) is 0. The normalized spacial score (nSPS) is 9.79. The van der Waals surface area contributed by atoms with Crippen molar-refractivity contribution in [1.82, 2.24) is 0 Å². The van der Waals surface area contributed by atoms with Gasteiger partial charge in [0.2, 0.25) is 0 Å². The number of nitrogens with zero attached hydrogens (tertiary/aromatic N) is 2. The van der Waals surface area contributed by atoms with Crippen molar-refractivity contribution in [2.24, 2.45) is 0 Å². The average Bonchev–Trinajstić information content (AvgIpc) is 2.16. The molecule has 0 N–H and O–H groups in total. The molecule has 0 saturated carbocycles. The van der Waals surface area contributed by atoms with Crippen LogP contribution >= 0.6 is 15.9 Å². The molecule has 0 saturated heterocycles. The summed E-state index contributed by atoms with van der Waals surface area (Å²) in [6.45, 7) is 0. The summed E-state index contributed by atoms with van der Waals surface area (Å²) < 4.78 is 0. The Labute approximate surface area is 87.0 Å². The average molecular weight is 261 g/mol. The number of nitro benzene ring substituents is 2. The monoisotopic (exact) mass is 260 g/mol. The Bertz CT molecular complexity index is 393. The van der Waals surface area contributed by atoms with Crippen LogP contribution in [0.2, 0.25) is 0 Å². The predicted octanol–water partition coefficient (Wildman–Crippen LogP) is 2.40. The van der Waals surface area contributed by atoms with E-state index in [1.54, 1.807) is 0 Å². The zero-order valence-corrected chi connectivity index (χ0v) is 8.43. The van der Waals surface area contributed by atoms with Gasteiger partial charge in [0.25, 0.3) is 11.4 Å². The number of halogens is 1. The first-order chi connectivity index (χ1) is 6.56. The summed E-state index contributed by atoms with van der Waals surface area (Å²) >= 11 is 3.03. The minimum absolute atomic E-state index is 0.118. The van der Waals surface area contributed by atoms with E-state index in [1.807, 2.05) is 0 Å². The van der Waals surface area contributed by atoms with Crippen molar-refractivity contribution in [2.75, 3.05) is 0 Å². The van der Waals surface area contributed by atoms with Gasteiger partial charge in [-0.2, -0.15) is 0 Å². The molecular formula is C7H5BrN2O4. The number of hydrogen-bond donors (Lipinski definition) is 0. The van der Waals surface area contributed by atoms with E-state index in [4.69, 9.17) is 0 Å². The van der Waals surface area contributed by atoms with Gasteiger partial charge in [-0.15, -0.1) is 0 Å². The van der Waals surface area contributed by atoms with Gasteiger partial charge in [0.1, 0.15) is 0 Å². The fourth-order valence-corrected chi connectivity index (χ4v) is 1.42. The minimum Gasteiger partial charge on any atom is -0.258 e. The highest BCUT2D eigenvalue weighted by atomic mass is 79.9. The van der Waals surface area contributed by atoms with E-state index < -0.39 is 9.85 Å². The molecule has 74 valence electrons. The van der Waals surface area contributed by atoms with E-state index in [0.717, 1.165) is 12.1 Å². The largest absolute Gasteiger partial charge is 0.273 e. The van der Waals surface area contributed by atoms with E-state index in [2.05, 4.69) is 15.9 Å². The highest BCUT2D eigenvalue weighted by Crippen LogP contribution is 2.25. The number of benzene rings is 1. The number of non-ortho nitro benzene ring substituents is 1. The van der Waals surface area contributed by atoms with Crippen molar-refractivity contribution in [3.05, 3.63) is 44.0 Å². The lowest BCUT2D eigenvalue weighted by molar-refractivity contribution is -0.389. The van der Waals surface area contributed by atoms with Crippen LogP contribution in [-0.2, 0) is 5.33 Å². The fraction of sp³-hybridized carbons (Fsp3) is 0.143. The van der Waals surface area contributed by atoms with Gasteiger partial charge in [-0.05, 0) is 0 Å². The molecule has 0 aliphatic heterocycles. The quantitative estimate of drug-likeness (QED) is 0.474. The number of nitro groups is 2. The van der Waals surface area contributed by atoms with E-state index in [-0.39, 0.29) is 16.7 Å². The van der Waals surface area contributed by atoms with Crippen LogP contribution in [0.25, 0.3) is 0 Å². The van der Waals surface area contributed by atoms with E-state index in [9.17, 15) is 20.2 Å². The first-order valence-corrected chi connectivity index (χ1v) is 4.66. The van der Waals surface area contributed by atoms with Crippen LogP contribution in [0.4, 0.5) is 11.4 Å². The lowest BCUT2D eigenvalue weighted by Gasteiger charge is -1.98. The van der Waals surface area contributed by atoms with E-state index in [1.165, 1.54) is 6.07 Å². The molecule has 0 amide bonds. The van der Waals surface area contributed by atoms with Gasteiger partial charge < -0.3 is 0 Å². The van der Waals surface area contributed by atoms with Crippen molar-refractivity contribution < 1.29 is 9.85 Å². The Balaban J connectivity index is 3.25. The van der Waals surface area contributed by atoms with Crippen LogP contribution in [0.3, 0.4) is 0 Å². The molecule has 0 aromatic heterocycles. The molecule has 1 aromatic carbocycles. The molecule has 0 radical (unpaired) electrons. The molecule has 0 aliphatic rings. The third-order valence-electron chi connectivity index (χ3n) is 1.61. The number of rotatable bonds is 3. The van der Waals surface area contributed by atoms with Crippen LogP contribution in [0.15, 0.2) is 18.2 Å². The molecule has 0 atom stereocenters. The maximum absolute atomic E-state index is 10.5. The van der Waals surface area contributed by atoms with E-state index >= 15 is 0 Å². The van der Waals surface area contributed by atoms with Gasteiger partial charge >= 0.3 is 0 Å². The summed E-state index contributed by atoms with van der Waals surface area (Å²) in [5.41, 5.74) is 0.0294. The molecular weight excluding hydrogens is 256 g/mol. The van der Waals surface area contributed by atoms with E-state index in [0.29, 0.717) is 5.56 Å². The predicted molar refractivity (Wildman–Crippen MR) is 52.4 cm³/mol. The van der Waals surface area contributed by atoms with Crippen molar-refractivity contribution in [3.63, 3.8) is 0 Å². The third kappa shape index (κ3) is 2.05. The zero-order valence-electron chi connectivity index (χ0n) is 6.84. The molecule has 6 nitrogen and oxygen atoms in total. The molecule has 0 unspecified atom stereocenters. The molecule has 0 heterocycles. The minimum atomic E-state index is -0.587. The zero-order chi connectivity index (χ0) is 10.7. The molecule has 0 aliphatic carbocycles. The SMILES string of the molecule is O=[N+]([O-])c1ccc([N+](=O)[O-])c(CBr)c1. The van der Waals surface area contributed by atoms with Crippen LogP contribution in [-0.4, -0.2) is 9.85 Å². The lowest BCUT2D eigenvalue weighted by atomic mass is 10.2. The number of hydrogen-bond acceptors (Lipinski definition) is 4. The van der Waals surface area contributed by atoms with Gasteiger partial charge in [0.05, 0.1) is 9.85 Å². The molecule has 7 heteroatoms. The number of alkyl halides is 1. The first kappa shape index (κ1) is 10.6. The fourth-order valence-electron chi connectivity index (χ4n) is 0.971. The van der Waals surface area contributed by atoms with Crippen LogP contribution < -0.4 is 0 Å². The Morgan fingerprint density at radius 3 is 2.29 bits per heavy atom. The maximum atomic E-state index is 10.5. The van der Waals surface area contributed by atoms with Crippen molar-refractivity contribution in [1.29, 1.82) is 0 Å². The molecule has 14 heavy (non-hydrogen) atoms. The summed E-state index contributed by atoms with van der Waals surface area (Å²) in [5, 5.41) is 21.1. The second-order valence-corrected chi connectivity index (χ2v) is 3.02. The molecule has 0 spiro atoms. The summed E-state index contributed by atoms with van der Waals surface area (Å²) in [6, 6.07) is 3.44. The lowest BCUT2D eigenvalue weighted by Crippen LogP contribution is -1.95. The Morgan fingerprint density at radius 2 is 1.86 bits per heavy atom. The smallest absolute Gasteiger partial charge is 0.258 e. The Hall–Kier alpha value is -1.50. The van der Waals surface area contributed by atoms with Gasteiger partial charge in [0.15, 0.2) is 0 Å². The van der Waals surface area contributed by atoms with Crippen LogP contribution in [0.1, 0.15) is 5.56 Å². The highest BCUT2D eigenvalue weighted by Gasteiger charge is 2.16. The molecule has 1 rings (SSSR count).